The third-order valence-corrected chi connectivity index (χ3v) is 7.10. The van der Waals surface area contributed by atoms with Gasteiger partial charge in [0.05, 0.1) is 12.5 Å². The van der Waals surface area contributed by atoms with Gasteiger partial charge in [-0.25, -0.2) is 0 Å². The Kier molecular flexibility index (Phi) is 3.96. The van der Waals surface area contributed by atoms with Crippen LogP contribution in [0.25, 0.3) is 10.8 Å². The molecule has 1 saturated carbocycles. The highest BCUT2D eigenvalue weighted by atomic mass is 79.9. The average molecular weight is 465 g/mol. The second-order valence-corrected chi connectivity index (χ2v) is 8.77. The first-order valence-electron chi connectivity index (χ1n) is 9.50. The molecule has 1 aliphatic heterocycles. The highest BCUT2D eigenvalue weighted by molar-refractivity contribution is 9.10. The van der Waals surface area contributed by atoms with E-state index in [1.165, 1.54) is 7.11 Å². The Hall–Kier alpha value is -2.99. The molecular weight excluding hydrogens is 448 g/mol. The van der Waals surface area contributed by atoms with Crippen molar-refractivity contribution in [2.24, 2.45) is 10.8 Å². The van der Waals surface area contributed by atoms with Crippen LogP contribution in [0.2, 0.25) is 0 Å². The lowest BCUT2D eigenvalue weighted by Crippen LogP contribution is -2.39. The summed E-state index contributed by atoms with van der Waals surface area (Å²) in [5.74, 6) is -2.06. The molecule has 6 heteroatoms. The van der Waals surface area contributed by atoms with Gasteiger partial charge in [0.1, 0.15) is 5.75 Å². The maximum absolute atomic E-state index is 13.7. The Morgan fingerprint density at radius 3 is 2.43 bits per heavy atom. The Labute approximate surface area is 181 Å². The second kappa shape index (κ2) is 6.25. The third-order valence-electron chi connectivity index (χ3n) is 6.58. The van der Waals surface area contributed by atoms with Gasteiger partial charge in [0.25, 0.3) is 0 Å². The molecule has 0 radical (unpaired) electrons. The van der Waals surface area contributed by atoms with Gasteiger partial charge in [0.15, 0.2) is 11.2 Å². The van der Waals surface area contributed by atoms with Crippen molar-refractivity contribution in [2.45, 2.75) is 12.8 Å². The Morgan fingerprint density at radius 1 is 1.03 bits per heavy atom. The quantitative estimate of drug-likeness (QED) is 0.244. The molecule has 0 unspecified atom stereocenters. The second-order valence-electron chi connectivity index (χ2n) is 7.86. The molecule has 0 N–H and O–H groups in total. The minimum Gasteiger partial charge on any atom is -0.468 e. The fraction of sp³-hybridized carbons (Fsp3) is 0.208. The van der Waals surface area contributed by atoms with Gasteiger partial charge >= 0.3 is 11.9 Å². The van der Waals surface area contributed by atoms with Gasteiger partial charge in [-0.2, -0.15) is 0 Å². The largest absolute Gasteiger partial charge is 0.468 e. The van der Waals surface area contributed by atoms with Crippen molar-refractivity contribution in [3.05, 3.63) is 76.3 Å². The number of rotatable bonds is 3. The number of fused-ring (bicyclic) bond motifs is 5. The van der Waals surface area contributed by atoms with Crippen LogP contribution in [0.1, 0.15) is 28.8 Å². The molecule has 150 valence electrons. The number of Topliss-reactive ketones (excluding diaryl/α,β-unsaturated/α-hetero) is 1. The molecule has 2 aliphatic rings. The predicted molar refractivity (Wildman–Crippen MR) is 113 cm³/mol. The number of halogens is 1. The number of carbonyl (C=O) groups is 3. The number of ketones is 1. The first-order chi connectivity index (χ1) is 14.4. The number of carbonyl (C=O) groups excluding carboxylic acids is 3. The van der Waals surface area contributed by atoms with E-state index >= 15 is 0 Å². The molecular formula is C24H17BrO5. The molecule has 0 saturated heterocycles. The summed E-state index contributed by atoms with van der Waals surface area (Å²) >= 11 is 3.37. The zero-order valence-electron chi connectivity index (χ0n) is 16.3. The van der Waals surface area contributed by atoms with Crippen molar-refractivity contribution in [3.8, 4) is 5.75 Å². The van der Waals surface area contributed by atoms with E-state index in [2.05, 4.69) is 15.9 Å². The molecule has 30 heavy (non-hydrogen) atoms. The van der Waals surface area contributed by atoms with Crippen molar-refractivity contribution in [3.63, 3.8) is 0 Å². The zero-order chi connectivity index (χ0) is 21.3. The predicted octanol–water partition coefficient (Wildman–Crippen LogP) is 4.67. The number of benzene rings is 3. The molecule has 0 amide bonds. The van der Waals surface area contributed by atoms with Gasteiger partial charge < -0.3 is 9.47 Å². The maximum Gasteiger partial charge on any atom is 0.330 e. The van der Waals surface area contributed by atoms with E-state index in [0.29, 0.717) is 16.9 Å². The van der Waals surface area contributed by atoms with E-state index in [0.717, 1.165) is 15.2 Å². The summed E-state index contributed by atoms with van der Waals surface area (Å²) in [5.41, 5.74) is -1.90. The molecule has 5 rings (SSSR count). The first kappa shape index (κ1) is 19.0. The van der Waals surface area contributed by atoms with Gasteiger partial charge in [-0.05, 0) is 35.9 Å². The van der Waals surface area contributed by atoms with Crippen LogP contribution in [0.3, 0.4) is 0 Å². The summed E-state index contributed by atoms with van der Waals surface area (Å²) in [7, 11) is 1.23. The van der Waals surface area contributed by atoms with Crippen LogP contribution in [-0.2, 0) is 14.3 Å². The van der Waals surface area contributed by atoms with Crippen LogP contribution in [-0.4, -0.2) is 24.8 Å². The zero-order valence-corrected chi connectivity index (χ0v) is 17.9. The van der Waals surface area contributed by atoms with E-state index in [1.54, 1.807) is 37.3 Å². The van der Waals surface area contributed by atoms with E-state index in [4.69, 9.17) is 9.47 Å². The number of esters is 2. The molecule has 1 heterocycles. The monoisotopic (exact) mass is 464 g/mol. The van der Waals surface area contributed by atoms with E-state index in [1.807, 2.05) is 30.3 Å². The average Bonchev–Trinajstić information content (AvgIpc) is 3.35. The number of methoxy groups -OCH3 is 1. The third kappa shape index (κ3) is 2.14. The molecule has 0 spiro atoms. The summed E-state index contributed by atoms with van der Waals surface area (Å²) in [4.78, 5) is 39.9. The van der Waals surface area contributed by atoms with Gasteiger partial charge in [0.2, 0.25) is 0 Å². The highest BCUT2D eigenvalue weighted by Crippen LogP contribution is 2.79. The van der Waals surface area contributed by atoms with Crippen LogP contribution in [0.15, 0.2) is 65.1 Å². The molecule has 1 fully saturated rings. The molecule has 1 aliphatic carbocycles. The van der Waals surface area contributed by atoms with Crippen molar-refractivity contribution in [1.82, 2.24) is 0 Å². The Bertz CT molecular complexity index is 1250. The molecule has 5 nitrogen and oxygen atoms in total. The number of ether oxygens (including phenoxy) is 2. The van der Waals surface area contributed by atoms with Gasteiger partial charge in [-0.3, -0.25) is 14.4 Å². The van der Waals surface area contributed by atoms with Crippen LogP contribution in [0.5, 0.6) is 5.75 Å². The van der Waals surface area contributed by atoms with Crippen molar-refractivity contribution >= 4 is 44.4 Å². The molecule has 3 atom stereocenters. The minimum absolute atomic E-state index is 0.289. The van der Waals surface area contributed by atoms with Crippen LogP contribution >= 0.6 is 15.9 Å². The lowest BCUT2D eigenvalue weighted by atomic mass is 9.87. The summed E-state index contributed by atoms with van der Waals surface area (Å²) in [6.45, 7) is 1.66. The van der Waals surface area contributed by atoms with E-state index < -0.39 is 28.7 Å². The molecule has 3 aromatic rings. The molecule has 0 aromatic heterocycles. The van der Waals surface area contributed by atoms with Crippen molar-refractivity contribution in [2.75, 3.05) is 7.11 Å². The van der Waals surface area contributed by atoms with Gasteiger partial charge in [0, 0.05) is 21.5 Å². The Morgan fingerprint density at radius 2 is 1.73 bits per heavy atom. The summed E-state index contributed by atoms with van der Waals surface area (Å²) < 4.78 is 11.5. The van der Waals surface area contributed by atoms with Crippen LogP contribution in [0.4, 0.5) is 0 Å². The summed E-state index contributed by atoms with van der Waals surface area (Å²) in [6, 6.07) is 18.1. The smallest absolute Gasteiger partial charge is 0.330 e. The normalized spacial score (nSPS) is 26.4. The van der Waals surface area contributed by atoms with Crippen molar-refractivity contribution in [1.29, 1.82) is 0 Å². The van der Waals surface area contributed by atoms with Crippen LogP contribution in [0, 0.1) is 10.8 Å². The van der Waals surface area contributed by atoms with Gasteiger partial charge in [-0.1, -0.05) is 58.4 Å². The van der Waals surface area contributed by atoms with E-state index in [9.17, 15) is 14.4 Å². The standard InChI is InChI=1S/C24H17BrO5/c1-23(20(26)14-7-10-15(25)11-8-14)19-18-16-6-4-3-5-13(16)9-12-17(18)30-22(28)24(19,23)21(27)29-2/h3-12,19H,1-2H3/t19-,23+,24-/m1/s1. The number of hydrogen-bond acceptors (Lipinski definition) is 5. The Balaban J connectivity index is 1.78. The lowest BCUT2D eigenvalue weighted by Gasteiger charge is -2.22. The molecule has 3 aromatic carbocycles. The SMILES string of the molecule is COC(=O)[C@@]12C(=O)Oc3ccc4ccccc4c3[C@@H]1[C@@]2(C)C(=O)c1ccc(Br)cc1. The van der Waals surface area contributed by atoms with Crippen LogP contribution < -0.4 is 4.74 Å². The van der Waals surface area contributed by atoms with Gasteiger partial charge in [-0.15, -0.1) is 0 Å². The highest BCUT2D eigenvalue weighted by Gasteiger charge is 2.89. The summed E-state index contributed by atoms with van der Waals surface area (Å²) in [6.07, 6.45) is 0. The minimum atomic E-state index is -1.71. The number of hydrogen-bond donors (Lipinski definition) is 0. The van der Waals surface area contributed by atoms with E-state index in [-0.39, 0.29) is 5.78 Å². The fourth-order valence-electron chi connectivity index (χ4n) is 5.08. The lowest BCUT2D eigenvalue weighted by molar-refractivity contribution is -0.160. The maximum atomic E-state index is 13.7. The van der Waals surface area contributed by atoms with Crippen molar-refractivity contribution < 1.29 is 23.9 Å². The fourth-order valence-corrected chi connectivity index (χ4v) is 5.35. The molecule has 0 bridgehead atoms. The first-order valence-corrected chi connectivity index (χ1v) is 10.3. The topological polar surface area (TPSA) is 69.7 Å². The summed E-state index contributed by atoms with van der Waals surface area (Å²) in [5, 5.41) is 1.80.